The molecule has 23 heavy (non-hydrogen) atoms. The maximum absolute atomic E-state index is 11.5. The number of rotatable bonds is 9. The minimum absolute atomic E-state index is 0.238. The first-order valence-electron chi connectivity index (χ1n) is 7.60. The molecule has 0 spiro atoms. The highest BCUT2D eigenvalue weighted by molar-refractivity contribution is 7.99. The molecule has 5 nitrogen and oxygen atoms in total. The van der Waals surface area contributed by atoms with Gasteiger partial charge in [-0.1, -0.05) is 48.2 Å². The van der Waals surface area contributed by atoms with Gasteiger partial charge in [-0.3, -0.25) is 4.79 Å². The van der Waals surface area contributed by atoms with Crippen LogP contribution in [0, 0.1) is 0 Å². The number of allylic oxidation sites excluding steroid dienone is 1. The summed E-state index contributed by atoms with van der Waals surface area (Å²) in [6.07, 6.45) is 3.51. The van der Waals surface area contributed by atoms with Gasteiger partial charge < -0.3 is 9.30 Å². The van der Waals surface area contributed by atoms with Gasteiger partial charge in [-0.15, -0.1) is 16.8 Å². The highest BCUT2D eigenvalue weighted by atomic mass is 32.2. The number of aromatic nitrogens is 3. The second-order valence-corrected chi connectivity index (χ2v) is 5.82. The van der Waals surface area contributed by atoms with Gasteiger partial charge in [0.25, 0.3) is 0 Å². The van der Waals surface area contributed by atoms with Gasteiger partial charge in [-0.05, 0) is 18.9 Å². The van der Waals surface area contributed by atoms with Gasteiger partial charge in [0.1, 0.15) is 5.82 Å². The third kappa shape index (κ3) is 5.25. The summed E-state index contributed by atoms with van der Waals surface area (Å²) >= 11 is 1.34. The fourth-order valence-corrected chi connectivity index (χ4v) is 2.91. The Labute approximate surface area is 140 Å². The molecule has 0 aliphatic carbocycles. The van der Waals surface area contributed by atoms with Crippen LogP contribution in [-0.4, -0.2) is 33.1 Å². The van der Waals surface area contributed by atoms with Crippen LogP contribution in [0.15, 0.2) is 48.1 Å². The monoisotopic (exact) mass is 331 g/mol. The van der Waals surface area contributed by atoms with Crippen LogP contribution in [-0.2, 0) is 28.9 Å². The molecular weight excluding hydrogens is 310 g/mol. The van der Waals surface area contributed by atoms with E-state index in [2.05, 4.69) is 28.9 Å². The minimum atomic E-state index is -0.239. The van der Waals surface area contributed by atoms with Crippen molar-refractivity contribution in [2.24, 2.45) is 0 Å². The molecule has 1 heterocycles. The first-order valence-corrected chi connectivity index (χ1v) is 8.58. The van der Waals surface area contributed by atoms with Gasteiger partial charge in [0.05, 0.1) is 12.4 Å². The van der Waals surface area contributed by atoms with Crippen molar-refractivity contribution in [3.8, 4) is 0 Å². The van der Waals surface area contributed by atoms with Crippen molar-refractivity contribution >= 4 is 17.7 Å². The predicted molar refractivity (Wildman–Crippen MR) is 91.4 cm³/mol. The Kier molecular flexibility index (Phi) is 6.87. The van der Waals surface area contributed by atoms with E-state index in [1.807, 2.05) is 28.8 Å². The van der Waals surface area contributed by atoms with E-state index in [1.165, 1.54) is 17.3 Å². The van der Waals surface area contributed by atoms with Crippen LogP contribution in [0.2, 0.25) is 0 Å². The molecule has 0 unspecified atom stereocenters. The number of carbonyl (C=O) groups is 1. The Morgan fingerprint density at radius 3 is 2.78 bits per heavy atom. The Morgan fingerprint density at radius 2 is 2.09 bits per heavy atom. The predicted octanol–water partition coefficient (Wildman–Crippen LogP) is 2.90. The molecule has 0 N–H and O–H groups in total. The summed E-state index contributed by atoms with van der Waals surface area (Å²) < 4.78 is 6.94. The van der Waals surface area contributed by atoms with Crippen LogP contribution in [0.5, 0.6) is 0 Å². The largest absolute Gasteiger partial charge is 0.465 e. The Balaban J connectivity index is 2.02. The molecule has 0 amide bonds. The van der Waals surface area contributed by atoms with Gasteiger partial charge in [0.15, 0.2) is 5.16 Å². The fraction of sp³-hybridized carbons (Fsp3) is 0.353. The SMILES string of the molecule is C=CCn1c(CCc2ccccc2)nnc1SCC(=O)OCC. The number of nitrogens with zero attached hydrogens (tertiary/aromatic N) is 3. The standard InChI is InChI=1S/C17H21N3O2S/c1-3-12-20-15(11-10-14-8-6-5-7-9-14)18-19-17(20)23-13-16(21)22-4-2/h3,5-9H,1,4,10-13H2,2H3. The second-order valence-electron chi connectivity index (χ2n) is 4.88. The average molecular weight is 331 g/mol. The summed E-state index contributed by atoms with van der Waals surface area (Å²) in [5.41, 5.74) is 1.27. The second kappa shape index (κ2) is 9.15. The number of benzene rings is 1. The highest BCUT2D eigenvalue weighted by Crippen LogP contribution is 2.18. The van der Waals surface area contributed by atoms with E-state index in [9.17, 15) is 4.79 Å². The lowest BCUT2D eigenvalue weighted by molar-refractivity contribution is -0.139. The molecule has 0 fully saturated rings. The molecule has 0 saturated carbocycles. The topological polar surface area (TPSA) is 57.0 Å². The van der Waals surface area contributed by atoms with Crippen molar-refractivity contribution < 1.29 is 9.53 Å². The van der Waals surface area contributed by atoms with Gasteiger partial charge in [0.2, 0.25) is 0 Å². The molecule has 0 aliphatic rings. The van der Waals surface area contributed by atoms with E-state index in [1.54, 1.807) is 6.92 Å². The first kappa shape index (κ1) is 17.3. The summed E-state index contributed by atoms with van der Waals surface area (Å²) in [6.45, 7) is 6.60. The molecular formula is C17H21N3O2S. The Morgan fingerprint density at radius 1 is 1.30 bits per heavy atom. The van der Waals surface area contributed by atoms with Crippen LogP contribution in [0.25, 0.3) is 0 Å². The maximum atomic E-state index is 11.5. The number of aryl methyl sites for hydroxylation is 2. The lowest BCUT2D eigenvalue weighted by Gasteiger charge is -2.07. The molecule has 6 heteroatoms. The molecule has 2 aromatic rings. The van der Waals surface area contributed by atoms with Crippen molar-refractivity contribution in [1.82, 2.24) is 14.8 Å². The molecule has 0 bridgehead atoms. The summed E-state index contributed by atoms with van der Waals surface area (Å²) in [7, 11) is 0. The highest BCUT2D eigenvalue weighted by Gasteiger charge is 2.13. The van der Waals surface area contributed by atoms with Gasteiger partial charge >= 0.3 is 5.97 Å². The molecule has 1 aromatic carbocycles. The van der Waals surface area contributed by atoms with E-state index < -0.39 is 0 Å². The maximum Gasteiger partial charge on any atom is 0.316 e. The van der Waals surface area contributed by atoms with Crippen molar-refractivity contribution in [3.63, 3.8) is 0 Å². The molecule has 122 valence electrons. The lowest BCUT2D eigenvalue weighted by Crippen LogP contribution is -2.09. The van der Waals surface area contributed by atoms with Gasteiger partial charge in [0, 0.05) is 13.0 Å². The average Bonchev–Trinajstić information content (AvgIpc) is 2.95. The van der Waals surface area contributed by atoms with Gasteiger partial charge in [-0.25, -0.2) is 0 Å². The zero-order chi connectivity index (χ0) is 16.5. The van der Waals surface area contributed by atoms with Crippen LogP contribution >= 0.6 is 11.8 Å². The molecule has 0 atom stereocenters. The normalized spacial score (nSPS) is 10.5. The van der Waals surface area contributed by atoms with Crippen molar-refractivity contribution in [2.75, 3.05) is 12.4 Å². The third-order valence-corrected chi connectivity index (χ3v) is 4.15. The molecule has 2 rings (SSSR count). The lowest BCUT2D eigenvalue weighted by atomic mass is 10.1. The van der Waals surface area contributed by atoms with Crippen molar-refractivity contribution in [2.45, 2.75) is 31.5 Å². The van der Waals surface area contributed by atoms with Crippen molar-refractivity contribution in [1.29, 1.82) is 0 Å². The van der Waals surface area contributed by atoms with Crippen LogP contribution in [0.3, 0.4) is 0 Å². The number of hydrogen-bond donors (Lipinski definition) is 0. The summed E-state index contributed by atoms with van der Waals surface area (Å²) in [5.74, 6) is 0.901. The number of ether oxygens (including phenoxy) is 1. The molecule has 0 saturated heterocycles. The Hall–Kier alpha value is -2.08. The summed E-state index contributed by atoms with van der Waals surface area (Å²) in [6, 6.07) is 10.3. The number of thioether (sulfide) groups is 1. The Bertz CT molecular complexity index is 641. The number of carbonyl (C=O) groups excluding carboxylic acids is 1. The number of esters is 1. The van der Waals surface area contributed by atoms with Crippen LogP contribution in [0.1, 0.15) is 18.3 Å². The van der Waals surface area contributed by atoms with Crippen LogP contribution in [0.4, 0.5) is 0 Å². The van der Waals surface area contributed by atoms with E-state index >= 15 is 0 Å². The quantitative estimate of drug-likeness (QED) is 0.402. The van der Waals surface area contributed by atoms with E-state index in [0.29, 0.717) is 13.2 Å². The minimum Gasteiger partial charge on any atom is -0.465 e. The van der Waals surface area contributed by atoms with Crippen LogP contribution < -0.4 is 0 Å². The van der Waals surface area contributed by atoms with E-state index in [4.69, 9.17) is 4.74 Å². The first-order chi connectivity index (χ1) is 11.2. The third-order valence-electron chi connectivity index (χ3n) is 3.21. The molecule has 0 radical (unpaired) electrons. The summed E-state index contributed by atoms with van der Waals surface area (Å²) in [5, 5.41) is 9.19. The number of hydrogen-bond acceptors (Lipinski definition) is 5. The smallest absolute Gasteiger partial charge is 0.316 e. The zero-order valence-corrected chi connectivity index (χ0v) is 14.1. The van der Waals surface area contributed by atoms with Crippen molar-refractivity contribution in [3.05, 3.63) is 54.4 Å². The molecule has 0 aliphatic heterocycles. The fourth-order valence-electron chi connectivity index (χ4n) is 2.15. The van der Waals surface area contributed by atoms with E-state index in [0.717, 1.165) is 23.8 Å². The van der Waals surface area contributed by atoms with Gasteiger partial charge in [-0.2, -0.15) is 0 Å². The summed E-state index contributed by atoms with van der Waals surface area (Å²) in [4.78, 5) is 11.5. The van der Waals surface area contributed by atoms with E-state index in [-0.39, 0.29) is 11.7 Å². The zero-order valence-electron chi connectivity index (χ0n) is 13.3. The molecule has 1 aromatic heterocycles.